The molecule has 2 aromatic heterocycles. The number of nitrogen functional groups attached to an aromatic ring is 1. The fraction of sp³-hybridized carbons (Fsp3) is 0.321. The van der Waals surface area contributed by atoms with Crippen LogP contribution in [0.2, 0.25) is 0 Å². The molecule has 250 valence electrons. The van der Waals surface area contributed by atoms with Crippen molar-refractivity contribution in [2.75, 3.05) is 25.4 Å². The Hall–Kier alpha value is -4.68. The van der Waals surface area contributed by atoms with Crippen LogP contribution in [0, 0.1) is 0 Å². The maximum Gasteiger partial charge on any atom is 0.456 e. The molecule has 0 amide bonds. The van der Waals surface area contributed by atoms with Gasteiger partial charge in [-0.15, -0.1) is 0 Å². The monoisotopic (exact) mass is 673 g/mol. The predicted octanol–water partition coefficient (Wildman–Crippen LogP) is -0.140. The summed E-state index contributed by atoms with van der Waals surface area (Å²) in [7, 11) is -4.28. The number of aromatic amines is 1. The van der Waals surface area contributed by atoms with E-state index < -0.39 is 56.4 Å². The molecular weight excluding hydrogens is 641 g/mol. The normalized spacial score (nSPS) is 20.5. The molecule has 0 aliphatic carbocycles. The molecule has 1 aliphatic rings. The highest BCUT2D eigenvalue weighted by Gasteiger charge is 2.45. The summed E-state index contributed by atoms with van der Waals surface area (Å²) < 4.78 is 40.7. The van der Waals surface area contributed by atoms with Crippen molar-refractivity contribution in [3.8, 4) is 5.75 Å². The highest BCUT2D eigenvalue weighted by atomic mass is 31.2. The molecule has 5 rings (SSSR count). The fourth-order valence-electron chi connectivity index (χ4n) is 4.54. The first-order chi connectivity index (χ1) is 22.5. The van der Waals surface area contributed by atoms with Crippen molar-refractivity contribution in [3.63, 3.8) is 0 Å². The zero-order valence-corrected chi connectivity index (χ0v) is 25.5. The summed E-state index contributed by atoms with van der Waals surface area (Å²) in [6, 6.07) is 15.2. The average molecular weight is 674 g/mol. The summed E-state index contributed by atoms with van der Waals surface area (Å²) in [5.74, 6) is -1.32. The van der Waals surface area contributed by atoms with Gasteiger partial charge < -0.3 is 34.7 Å². The molecule has 47 heavy (non-hydrogen) atoms. The van der Waals surface area contributed by atoms with Gasteiger partial charge >= 0.3 is 19.7 Å². The number of benzene rings is 2. The molecule has 1 aliphatic heterocycles. The number of ether oxygens (including phenoxy) is 3. The number of carbonyl (C=O) groups is 2. The zero-order valence-electron chi connectivity index (χ0n) is 24.6. The van der Waals surface area contributed by atoms with Crippen LogP contribution < -0.4 is 26.6 Å². The third kappa shape index (κ3) is 8.78. The molecule has 18 nitrogen and oxygen atoms in total. The van der Waals surface area contributed by atoms with Crippen LogP contribution in [0.25, 0.3) is 11.2 Å². The van der Waals surface area contributed by atoms with E-state index in [2.05, 4.69) is 20.3 Å². The van der Waals surface area contributed by atoms with E-state index in [-0.39, 0.29) is 49.2 Å². The van der Waals surface area contributed by atoms with Gasteiger partial charge in [-0.1, -0.05) is 42.5 Å². The van der Waals surface area contributed by atoms with Gasteiger partial charge in [0, 0.05) is 0 Å². The molecule has 0 spiro atoms. The number of aromatic nitrogens is 4. The Labute approximate surface area is 266 Å². The van der Waals surface area contributed by atoms with Gasteiger partial charge in [-0.2, -0.15) is 4.98 Å². The van der Waals surface area contributed by atoms with Gasteiger partial charge in [-0.05, 0) is 23.3 Å². The SMILES string of the molecule is Nc1nc2c(ncn2[C@@H]2O[C@H](COP(N)(=O)Oc3cccc(COC(=O)CNCC(=O)OCc4ccccc4)c3)[C@@H](O)[C@H]2O)c(=O)[nH]1. The minimum atomic E-state index is -4.28. The Kier molecular flexibility index (Phi) is 10.6. The van der Waals surface area contributed by atoms with Crippen molar-refractivity contribution in [2.45, 2.75) is 37.8 Å². The van der Waals surface area contributed by atoms with Crippen LogP contribution in [0.1, 0.15) is 17.4 Å². The lowest BCUT2D eigenvalue weighted by atomic mass is 10.1. The second kappa shape index (κ2) is 14.8. The van der Waals surface area contributed by atoms with Crippen molar-refractivity contribution in [1.29, 1.82) is 0 Å². The highest BCUT2D eigenvalue weighted by molar-refractivity contribution is 7.51. The lowest BCUT2D eigenvalue weighted by Crippen LogP contribution is -2.34. The van der Waals surface area contributed by atoms with Gasteiger partial charge in [0.15, 0.2) is 17.4 Å². The molecule has 0 bridgehead atoms. The Morgan fingerprint density at radius 2 is 1.70 bits per heavy atom. The maximum absolute atomic E-state index is 12.9. The van der Waals surface area contributed by atoms with Crippen LogP contribution >= 0.6 is 7.75 Å². The van der Waals surface area contributed by atoms with Crippen molar-refractivity contribution in [3.05, 3.63) is 82.4 Å². The van der Waals surface area contributed by atoms with Crippen LogP contribution in [0.4, 0.5) is 5.95 Å². The molecule has 8 N–H and O–H groups in total. The number of nitrogens with two attached hydrogens (primary N) is 2. The molecule has 0 saturated carbocycles. The molecule has 19 heteroatoms. The minimum absolute atomic E-state index is 0.0120. The van der Waals surface area contributed by atoms with E-state index >= 15 is 0 Å². The van der Waals surface area contributed by atoms with Gasteiger partial charge in [0.2, 0.25) is 5.95 Å². The van der Waals surface area contributed by atoms with Gasteiger partial charge in [0.1, 0.15) is 37.3 Å². The van der Waals surface area contributed by atoms with E-state index in [0.717, 1.165) is 5.56 Å². The largest absolute Gasteiger partial charge is 0.460 e. The molecule has 1 saturated heterocycles. The number of nitrogens with one attached hydrogen (secondary N) is 2. The second-order valence-corrected chi connectivity index (χ2v) is 11.8. The quantitative estimate of drug-likeness (QED) is 0.0751. The predicted molar refractivity (Wildman–Crippen MR) is 162 cm³/mol. The van der Waals surface area contributed by atoms with E-state index in [1.807, 2.05) is 30.3 Å². The lowest BCUT2D eigenvalue weighted by Gasteiger charge is -2.19. The van der Waals surface area contributed by atoms with Crippen LogP contribution in [0.3, 0.4) is 0 Å². The summed E-state index contributed by atoms with van der Waals surface area (Å²) in [4.78, 5) is 46.3. The maximum atomic E-state index is 12.9. The number of rotatable bonds is 14. The summed E-state index contributed by atoms with van der Waals surface area (Å²) in [5.41, 5.74) is 12.0. The first-order valence-electron chi connectivity index (χ1n) is 14.1. The number of nitrogens with zero attached hydrogens (tertiary/aromatic N) is 3. The smallest absolute Gasteiger partial charge is 0.456 e. The van der Waals surface area contributed by atoms with Crippen LogP contribution in [-0.2, 0) is 46.1 Å². The molecule has 1 fully saturated rings. The lowest BCUT2D eigenvalue weighted by molar-refractivity contribution is -0.145. The third-order valence-electron chi connectivity index (χ3n) is 6.79. The number of imidazole rings is 1. The molecule has 1 unspecified atom stereocenters. The summed E-state index contributed by atoms with van der Waals surface area (Å²) >= 11 is 0. The van der Waals surface area contributed by atoms with E-state index in [1.165, 1.54) is 23.0 Å². The van der Waals surface area contributed by atoms with E-state index in [1.54, 1.807) is 12.1 Å². The van der Waals surface area contributed by atoms with Crippen molar-refractivity contribution in [2.24, 2.45) is 5.50 Å². The van der Waals surface area contributed by atoms with Gasteiger partial charge in [-0.25, -0.2) is 15.1 Å². The number of esters is 2. The highest BCUT2D eigenvalue weighted by Crippen LogP contribution is 2.42. The Balaban J connectivity index is 1.07. The number of aliphatic hydroxyl groups is 2. The summed E-state index contributed by atoms with van der Waals surface area (Å²) in [6.07, 6.45) is -4.28. The van der Waals surface area contributed by atoms with E-state index in [0.29, 0.717) is 5.56 Å². The number of fused-ring (bicyclic) bond motifs is 1. The molecule has 3 heterocycles. The Bertz CT molecular complexity index is 1820. The number of anilines is 1. The Morgan fingerprint density at radius 3 is 2.43 bits per heavy atom. The molecule has 4 aromatic rings. The van der Waals surface area contributed by atoms with Gasteiger partial charge in [0.05, 0.1) is 26.0 Å². The van der Waals surface area contributed by atoms with E-state index in [4.69, 9.17) is 34.5 Å². The number of hydrogen-bond acceptors (Lipinski definition) is 15. The van der Waals surface area contributed by atoms with Crippen molar-refractivity contribution < 1.29 is 47.6 Å². The number of carbonyl (C=O) groups excluding carboxylic acids is 2. The molecule has 5 atom stereocenters. The minimum Gasteiger partial charge on any atom is -0.460 e. The molecular formula is C28H32N7O11P. The van der Waals surface area contributed by atoms with Crippen LogP contribution in [0.5, 0.6) is 5.75 Å². The first-order valence-corrected chi connectivity index (χ1v) is 15.7. The first kappa shape index (κ1) is 33.7. The van der Waals surface area contributed by atoms with E-state index in [9.17, 15) is 29.2 Å². The van der Waals surface area contributed by atoms with Crippen molar-refractivity contribution >= 4 is 36.8 Å². The fourth-order valence-corrected chi connectivity index (χ4v) is 5.35. The van der Waals surface area contributed by atoms with Gasteiger partial charge in [0.25, 0.3) is 5.56 Å². The standard InChI is InChI=1S/C28H32N7O11P/c29-28-33-25-22(26(40)34-28)32-15-35(25)27-24(39)23(38)19(45-27)14-44-47(30,41)46-18-8-4-7-17(9-18)13-43-21(37)11-31-10-20(36)42-12-16-5-2-1-3-6-16/h1-9,15,19,23-24,27,31,38-39H,10-14H2,(H2,30,41)(H3,29,33,34,40)/t19-,23-,24-,27-,47?/m1/s1. The number of H-pyrrole nitrogens is 1. The number of aliphatic hydroxyl groups excluding tert-OH is 2. The Morgan fingerprint density at radius 1 is 1.02 bits per heavy atom. The van der Waals surface area contributed by atoms with Gasteiger partial charge in [-0.3, -0.25) is 33.8 Å². The summed E-state index contributed by atoms with van der Waals surface area (Å²) in [6.45, 7) is -1.02. The van der Waals surface area contributed by atoms with Crippen LogP contribution in [-0.4, -0.2) is 79.7 Å². The number of hydrogen-bond donors (Lipinski definition) is 6. The molecule has 0 radical (unpaired) electrons. The topological polar surface area (TPSA) is 265 Å². The van der Waals surface area contributed by atoms with Crippen LogP contribution in [0.15, 0.2) is 65.7 Å². The molecule has 2 aromatic carbocycles. The average Bonchev–Trinajstić information content (AvgIpc) is 3.58. The second-order valence-electron chi connectivity index (χ2n) is 10.3. The van der Waals surface area contributed by atoms with Crippen molar-refractivity contribution in [1.82, 2.24) is 24.8 Å². The third-order valence-corrected chi connectivity index (χ3v) is 7.77. The summed E-state index contributed by atoms with van der Waals surface area (Å²) in [5, 5.41) is 23.8. The zero-order chi connectivity index (χ0) is 33.6.